The number of ether oxygens (including phenoxy) is 1. The lowest BCUT2D eigenvalue weighted by atomic mass is 9.50. The normalized spacial score (nSPS) is 34.4. The van der Waals surface area contributed by atoms with Crippen LogP contribution in [0.3, 0.4) is 0 Å². The zero-order chi connectivity index (χ0) is 21.0. The predicted octanol–water partition coefficient (Wildman–Crippen LogP) is 4.42. The van der Waals surface area contributed by atoms with Crippen molar-refractivity contribution in [1.29, 1.82) is 0 Å². The second-order valence-electron chi connectivity index (χ2n) is 10.3. The molecule has 1 aromatic carbocycles. The zero-order valence-corrected chi connectivity index (χ0v) is 17.5. The number of aryl methyl sites for hydroxylation is 1. The Bertz CT molecular complexity index is 847. The van der Waals surface area contributed by atoms with Crippen molar-refractivity contribution in [3.8, 4) is 5.75 Å². The molecule has 1 heterocycles. The molecule has 1 N–H and O–H groups in total. The summed E-state index contributed by atoms with van der Waals surface area (Å²) in [7, 11) is 0. The summed E-state index contributed by atoms with van der Waals surface area (Å²) < 4.78 is 21.0. The number of hydrogen-bond acceptors (Lipinski definition) is 3. The van der Waals surface area contributed by atoms with Gasteiger partial charge in [0.25, 0.3) is 5.91 Å². The molecule has 0 spiro atoms. The quantitative estimate of drug-likeness (QED) is 0.773. The standard InChI is InChI=1S/C24H30FNO4/c1-14-5-18(22(27)26-4-2-3-20(26)23(28)29)19(25)9-21(14)30-13-24-10-15-6-16(11-24)8-17(7-15)12-24/h5,9,15-17,20H,2-4,6-8,10-13H2,1H3,(H,28,29)/t15?,16?,17?,20-,24?/m0/s1. The summed E-state index contributed by atoms with van der Waals surface area (Å²) in [6, 6.07) is 1.96. The van der Waals surface area contributed by atoms with Crippen LogP contribution in [0.1, 0.15) is 67.3 Å². The van der Waals surface area contributed by atoms with Gasteiger partial charge < -0.3 is 14.7 Å². The SMILES string of the molecule is Cc1cc(C(=O)N2CCC[C@H]2C(=O)O)c(F)cc1OCC12CC3CC(CC(C3)C1)C2. The highest BCUT2D eigenvalue weighted by molar-refractivity contribution is 5.97. The lowest BCUT2D eigenvalue weighted by Crippen LogP contribution is -2.48. The van der Waals surface area contributed by atoms with E-state index >= 15 is 0 Å². The summed E-state index contributed by atoms with van der Waals surface area (Å²) in [6.07, 6.45) is 8.82. The first-order valence-corrected chi connectivity index (χ1v) is 11.3. The van der Waals surface area contributed by atoms with Crippen LogP contribution in [0, 0.1) is 35.9 Å². The third kappa shape index (κ3) is 3.38. The maximum absolute atomic E-state index is 14.9. The molecule has 162 valence electrons. The Balaban J connectivity index is 1.31. The summed E-state index contributed by atoms with van der Waals surface area (Å²) >= 11 is 0. The average Bonchev–Trinajstić information content (AvgIpc) is 3.17. The highest BCUT2D eigenvalue weighted by Crippen LogP contribution is 2.60. The minimum atomic E-state index is -1.03. The average molecular weight is 416 g/mol. The van der Waals surface area contributed by atoms with E-state index in [9.17, 15) is 19.1 Å². The number of likely N-dealkylation sites (tertiary alicyclic amines) is 1. The number of hydrogen-bond donors (Lipinski definition) is 1. The van der Waals surface area contributed by atoms with E-state index in [1.165, 1.54) is 55.6 Å². The molecule has 0 aromatic heterocycles. The van der Waals surface area contributed by atoms with Gasteiger partial charge in [-0.3, -0.25) is 4.79 Å². The van der Waals surface area contributed by atoms with Gasteiger partial charge in [0.15, 0.2) is 0 Å². The predicted molar refractivity (Wildman–Crippen MR) is 109 cm³/mol. The first-order chi connectivity index (χ1) is 14.3. The molecule has 0 radical (unpaired) electrons. The van der Waals surface area contributed by atoms with Gasteiger partial charge in [0.05, 0.1) is 12.2 Å². The number of carbonyl (C=O) groups excluding carboxylic acids is 1. The number of carboxylic acids is 1. The number of halogens is 1. The number of amides is 1. The first kappa shape index (κ1) is 19.8. The number of benzene rings is 1. The van der Waals surface area contributed by atoms with Crippen LogP contribution in [-0.2, 0) is 4.79 Å². The maximum Gasteiger partial charge on any atom is 0.326 e. The van der Waals surface area contributed by atoms with Crippen LogP contribution in [-0.4, -0.2) is 41.1 Å². The number of nitrogens with zero attached hydrogens (tertiary/aromatic N) is 1. The summed E-state index contributed by atoms with van der Waals surface area (Å²) in [5, 5.41) is 9.33. The molecule has 5 nitrogen and oxygen atoms in total. The van der Waals surface area contributed by atoms with Crippen molar-refractivity contribution in [1.82, 2.24) is 4.90 Å². The summed E-state index contributed by atoms with van der Waals surface area (Å²) in [5.74, 6) is 0.778. The Morgan fingerprint density at radius 3 is 2.40 bits per heavy atom. The van der Waals surface area contributed by atoms with Gasteiger partial charge in [-0.15, -0.1) is 0 Å². The van der Waals surface area contributed by atoms with E-state index < -0.39 is 23.7 Å². The highest BCUT2D eigenvalue weighted by atomic mass is 19.1. The third-order valence-electron chi connectivity index (χ3n) is 7.99. The lowest BCUT2D eigenvalue weighted by Gasteiger charge is -2.56. The largest absolute Gasteiger partial charge is 0.493 e. The fourth-order valence-electron chi connectivity index (χ4n) is 7.10. The van der Waals surface area contributed by atoms with Crippen LogP contribution >= 0.6 is 0 Å². The van der Waals surface area contributed by atoms with Gasteiger partial charge in [-0.05, 0) is 87.7 Å². The molecule has 6 rings (SSSR count). The van der Waals surface area contributed by atoms with Gasteiger partial charge >= 0.3 is 5.97 Å². The van der Waals surface area contributed by atoms with E-state index in [2.05, 4.69) is 0 Å². The molecule has 1 saturated heterocycles. The molecule has 1 amide bonds. The highest BCUT2D eigenvalue weighted by Gasteiger charge is 2.51. The van der Waals surface area contributed by atoms with Crippen LogP contribution in [0.15, 0.2) is 12.1 Å². The molecular formula is C24H30FNO4. The Morgan fingerprint density at radius 2 is 1.80 bits per heavy atom. The van der Waals surface area contributed by atoms with E-state index in [-0.39, 0.29) is 11.0 Å². The van der Waals surface area contributed by atoms with Gasteiger partial charge in [0.1, 0.15) is 17.6 Å². The Labute approximate surface area is 176 Å². The molecular weight excluding hydrogens is 385 g/mol. The summed E-state index contributed by atoms with van der Waals surface area (Å²) in [4.78, 5) is 25.5. The number of carbonyl (C=O) groups is 2. The van der Waals surface area contributed by atoms with E-state index in [1.54, 1.807) is 0 Å². The molecule has 4 saturated carbocycles. The molecule has 0 unspecified atom stereocenters. The molecule has 4 aliphatic carbocycles. The van der Waals surface area contributed by atoms with Crippen LogP contribution in [0.2, 0.25) is 0 Å². The summed E-state index contributed by atoms with van der Waals surface area (Å²) in [5.41, 5.74) is 0.884. The van der Waals surface area contributed by atoms with Crippen molar-refractivity contribution >= 4 is 11.9 Å². The van der Waals surface area contributed by atoms with Crippen molar-refractivity contribution in [2.24, 2.45) is 23.2 Å². The van der Waals surface area contributed by atoms with Crippen molar-refractivity contribution < 1.29 is 23.8 Å². The molecule has 6 heteroatoms. The smallest absolute Gasteiger partial charge is 0.326 e. The molecule has 1 aliphatic heterocycles. The van der Waals surface area contributed by atoms with Gasteiger partial charge in [-0.1, -0.05) is 0 Å². The Morgan fingerprint density at radius 1 is 1.17 bits per heavy atom. The van der Waals surface area contributed by atoms with E-state index in [0.29, 0.717) is 31.7 Å². The van der Waals surface area contributed by atoms with Crippen molar-refractivity contribution in [3.05, 3.63) is 29.1 Å². The van der Waals surface area contributed by atoms with E-state index in [4.69, 9.17) is 4.74 Å². The minimum Gasteiger partial charge on any atom is -0.493 e. The van der Waals surface area contributed by atoms with E-state index in [1.807, 2.05) is 6.92 Å². The van der Waals surface area contributed by atoms with Gasteiger partial charge in [0.2, 0.25) is 0 Å². The maximum atomic E-state index is 14.9. The number of rotatable bonds is 5. The number of carboxylic acid groups (broad SMARTS) is 1. The van der Waals surface area contributed by atoms with Gasteiger partial charge in [-0.2, -0.15) is 0 Å². The molecule has 4 bridgehead atoms. The second-order valence-corrected chi connectivity index (χ2v) is 10.3. The molecule has 5 fully saturated rings. The molecule has 30 heavy (non-hydrogen) atoms. The molecule has 1 aromatic rings. The van der Waals surface area contributed by atoms with Gasteiger partial charge in [-0.25, -0.2) is 9.18 Å². The third-order valence-corrected chi connectivity index (χ3v) is 7.99. The zero-order valence-electron chi connectivity index (χ0n) is 17.5. The topological polar surface area (TPSA) is 66.8 Å². The molecule has 1 atom stereocenters. The lowest BCUT2D eigenvalue weighted by molar-refractivity contribution is -0.141. The fraction of sp³-hybridized carbons (Fsp3) is 0.667. The fourth-order valence-corrected chi connectivity index (χ4v) is 7.10. The molecule has 5 aliphatic rings. The monoisotopic (exact) mass is 415 g/mol. The number of aliphatic carboxylic acids is 1. The Hall–Kier alpha value is -2.11. The minimum absolute atomic E-state index is 0.0668. The van der Waals surface area contributed by atoms with Crippen molar-refractivity contribution in [2.75, 3.05) is 13.2 Å². The van der Waals surface area contributed by atoms with Crippen molar-refractivity contribution in [2.45, 2.75) is 64.3 Å². The van der Waals surface area contributed by atoms with Crippen molar-refractivity contribution in [3.63, 3.8) is 0 Å². The summed E-state index contributed by atoms with van der Waals surface area (Å²) in [6.45, 7) is 2.79. The van der Waals surface area contributed by atoms with Crippen LogP contribution in [0.25, 0.3) is 0 Å². The van der Waals surface area contributed by atoms with Crippen LogP contribution in [0.5, 0.6) is 5.75 Å². The van der Waals surface area contributed by atoms with Crippen LogP contribution in [0.4, 0.5) is 4.39 Å². The van der Waals surface area contributed by atoms with E-state index in [0.717, 1.165) is 23.3 Å². The van der Waals surface area contributed by atoms with Gasteiger partial charge in [0, 0.05) is 18.0 Å². The second kappa shape index (κ2) is 7.24. The van der Waals surface area contributed by atoms with Crippen LogP contribution < -0.4 is 4.74 Å². The first-order valence-electron chi connectivity index (χ1n) is 11.3. The Kier molecular flexibility index (Phi) is 4.79.